The van der Waals surface area contributed by atoms with Crippen LogP contribution in [-0.2, 0) is 9.53 Å². The molecule has 17 heavy (non-hydrogen) atoms. The maximum atomic E-state index is 10.9. The van der Waals surface area contributed by atoms with Gasteiger partial charge in [-0.1, -0.05) is 33.1 Å². The number of hydrogen-bond acceptors (Lipinski definition) is 4. The molecule has 0 saturated heterocycles. The van der Waals surface area contributed by atoms with Gasteiger partial charge in [0.15, 0.2) is 0 Å². The molecule has 0 rings (SSSR count). The van der Waals surface area contributed by atoms with Crippen molar-refractivity contribution < 1.29 is 9.53 Å². The Morgan fingerprint density at radius 1 is 1.18 bits per heavy atom. The van der Waals surface area contributed by atoms with E-state index in [4.69, 9.17) is 4.74 Å². The first kappa shape index (κ1) is 20.3. The van der Waals surface area contributed by atoms with E-state index in [0.29, 0.717) is 6.61 Å². The summed E-state index contributed by atoms with van der Waals surface area (Å²) in [7, 11) is 0. The van der Waals surface area contributed by atoms with Crippen molar-refractivity contribution in [2.24, 2.45) is 5.92 Å². The molecule has 0 saturated carbocycles. The van der Waals surface area contributed by atoms with Crippen LogP contribution in [0.15, 0.2) is 0 Å². The molecule has 0 aromatic carbocycles. The Morgan fingerprint density at radius 3 is 2.12 bits per heavy atom. The number of hydrogen-bond donors (Lipinski definition) is 2. The van der Waals surface area contributed by atoms with Crippen molar-refractivity contribution in [1.29, 1.82) is 0 Å². The summed E-state index contributed by atoms with van der Waals surface area (Å²) in [6.07, 6.45) is 4.51. The van der Waals surface area contributed by atoms with Crippen LogP contribution >= 0.6 is 25.3 Å². The molecule has 0 bridgehead atoms. The molecule has 0 N–H and O–H groups in total. The summed E-state index contributed by atoms with van der Waals surface area (Å²) in [5.74, 6) is 0.414. The summed E-state index contributed by atoms with van der Waals surface area (Å²) in [6, 6.07) is 0. The topological polar surface area (TPSA) is 26.3 Å². The molecule has 0 aliphatic rings. The second-order valence-electron chi connectivity index (χ2n) is 4.28. The number of carbonyl (C=O) groups is 1. The fraction of sp³-hybridized carbons (Fsp3) is 0.917. The van der Waals surface area contributed by atoms with E-state index >= 15 is 0 Å². The van der Waals surface area contributed by atoms with Gasteiger partial charge in [-0.3, -0.25) is 0 Å². The molecule has 0 atom stereocenters. The van der Waals surface area contributed by atoms with E-state index in [1.807, 2.05) is 0 Å². The predicted octanol–water partition coefficient (Wildman–Crippen LogP) is 3.72. The number of esters is 1. The van der Waals surface area contributed by atoms with Gasteiger partial charge in [-0.2, -0.15) is 25.3 Å². The van der Waals surface area contributed by atoms with E-state index in [9.17, 15) is 4.79 Å². The van der Waals surface area contributed by atoms with Gasteiger partial charge >= 0.3 is 37.0 Å². The fourth-order valence-electron chi connectivity index (χ4n) is 1.08. The van der Waals surface area contributed by atoms with Crippen molar-refractivity contribution in [3.63, 3.8) is 0 Å². The third-order valence-corrected chi connectivity index (χ3v) is 2.30. The number of ether oxygens (including phenoxy) is 1. The molecular weight excluding hydrogens is 359 g/mol. The van der Waals surface area contributed by atoms with Gasteiger partial charge in [0, 0.05) is 0 Å². The van der Waals surface area contributed by atoms with Gasteiger partial charge in [0.1, 0.15) is 4.58 Å². The van der Waals surface area contributed by atoms with E-state index in [0.717, 1.165) is 18.8 Å². The van der Waals surface area contributed by atoms with E-state index in [-0.39, 0.29) is 27.1 Å². The molecule has 0 heterocycles. The summed E-state index contributed by atoms with van der Waals surface area (Å²) >= 11 is 7.94. The Hall–Kier alpha value is 0.969. The molecule has 0 unspecified atom stereocenters. The third-order valence-electron chi connectivity index (χ3n) is 1.88. The average Bonchev–Trinajstić information content (AvgIpc) is 2.23. The van der Waals surface area contributed by atoms with Gasteiger partial charge in [0.25, 0.3) is 0 Å². The van der Waals surface area contributed by atoms with Gasteiger partial charge in [-0.15, -0.1) is 0 Å². The normalized spacial score (nSPS) is 10.1. The van der Waals surface area contributed by atoms with Crippen molar-refractivity contribution in [2.45, 2.75) is 54.0 Å². The van der Waals surface area contributed by atoms with Crippen molar-refractivity contribution in [3.8, 4) is 0 Å². The zero-order valence-electron chi connectivity index (χ0n) is 11.4. The molecule has 0 aromatic heterocycles. The molecule has 0 aliphatic carbocycles. The predicted molar refractivity (Wildman–Crippen MR) is 83.5 cm³/mol. The first-order valence-corrected chi connectivity index (χ1v) is 12.8. The number of rotatable bonds is 7. The summed E-state index contributed by atoms with van der Waals surface area (Å²) in [5, 5.41) is 0. The first-order chi connectivity index (χ1) is 7.95. The zero-order chi connectivity index (χ0) is 13.7. The summed E-state index contributed by atoms with van der Waals surface area (Å²) in [6.45, 7) is 4.92. The monoisotopic (exact) mass is 386 g/mol. The van der Waals surface area contributed by atoms with E-state index in [2.05, 4.69) is 49.0 Å². The van der Waals surface area contributed by atoms with Crippen LogP contribution < -0.4 is 0 Å². The number of carbonyl (C=O) groups excluding carboxylic acids is 1. The van der Waals surface area contributed by atoms with Crippen LogP contribution in [0.1, 0.15) is 39.5 Å². The van der Waals surface area contributed by atoms with Crippen LogP contribution in [0, 0.1) is 5.92 Å². The Kier molecular flexibility index (Phi) is 17.9. The van der Waals surface area contributed by atoms with E-state index in [1.54, 1.807) is 0 Å². The van der Waals surface area contributed by atoms with Gasteiger partial charge in [-0.25, -0.2) is 4.79 Å². The minimum absolute atomic E-state index is 0.230. The van der Waals surface area contributed by atoms with Crippen molar-refractivity contribution >= 4 is 52.4 Å². The molecule has 102 valence electrons. The van der Waals surface area contributed by atoms with Gasteiger partial charge < -0.3 is 4.74 Å². The van der Waals surface area contributed by atoms with Gasteiger partial charge in [0.05, 0.1) is 6.61 Å². The van der Waals surface area contributed by atoms with Crippen molar-refractivity contribution in [2.75, 3.05) is 6.61 Å². The number of unbranched alkanes of at least 4 members (excludes halogenated alkanes) is 2. The van der Waals surface area contributed by atoms with E-state index in [1.165, 1.54) is 12.8 Å². The fourth-order valence-corrected chi connectivity index (χ4v) is 1.23. The summed E-state index contributed by atoms with van der Waals surface area (Å²) < 4.78 is 4.31. The van der Waals surface area contributed by atoms with Crippen LogP contribution in [0.2, 0.25) is 9.88 Å². The summed E-state index contributed by atoms with van der Waals surface area (Å²) in [4.78, 5) is 15.5. The SMILES string of the molecule is CC(C)CCCCCOC(=O)C(S)S.[CH3][Sn][CH3]. The Balaban J connectivity index is 0. The van der Waals surface area contributed by atoms with E-state index < -0.39 is 4.58 Å². The van der Waals surface area contributed by atoms with Crippen LogP contribution in [0.5, 0.6) is 0 Å². The average molecular weight is 385 g/mol. The molecule has 0 aromatic rings. The molecule has 0 amide bonds. The second-order valence-corrected chi connectivity index (χ2v) is 8.58. The second kappa shape index (κ2) is 15.0. The molecular formula is C12H26O2S2Sn. The molecule has 0 aliphatic heterocycles. The molecule has 0 spiro atoms. The summed E-state index contributed by atoms with van der Waals surface area (Å²) in [5.41, 5.74) is 0. The third kappa shape index (κ3) is 19.5. The first-order valence-electron chi connectivity index (χ1n) is 6.06. The van der Waals surface area contributed by atoms with Crippen molar-refractivity contribution in [3.05, 3.63) is 0 Å². The quantitative estimate of drug-likeness (QED) is 0.230. The molecule has 5 heteroatoms. The Bertz CT molecular complexity index is 176. The van der Waals surface area contributed by atoms with Crippen LogP contribution in [0.25, 0.3) is 0 Å². The Labute approximate surface area is 128 Å². The van der Waals surface area contributed by atoms with Gasteiger partial charge in [0.2, 0.25) is 0 Å². The Morgan fingerprint density at radius 2 is 1.71 bits per heavy atom. The van der Waals surface area contributed by atoms with Crippen LogP contribution in [-0.4, -0.2) is 38.3 Å². The molecule has 2 nitrogen and oxygen atoms in total. The maximum absolute atomic E-state index is 10.9. The van der Waals surface area contributed by atoms with Crippen LogP contribution in [0.3, 0.4) is 0 Å². The van der Waals surface area contributed by atoms with Gasteiger partial charge in [-0.05, 0) is 12.3 Å². The van der Waals surface area contributed by atoms with Crippen molar-refractivity contribution in [1.82, 2.24) is 0 Å². The molecule has 0 fully saturated rings. The minimum atomic E-state index is -0.606. The van der Waals surface area contributed by atoms with Crippen LogP contribution in [0.4, 0.5) is 0 Å². The number of thiol groups is 2. The molecule has 2 radical (unpaired) electrons. The zero-order valence-corrected chi connectivity index (χ0v) is 16.0. The standard InChI is InChI=1S/C10H20O2S2.2CH3.Sn/c1-8(2)6-4-3-5-7-12-9(11)10(13)14;;;/h8,10,13-14H,3-7H2,1-2H3;2*1H3;.